The highest BCUT2D eigenvalue weighted by Crippen LogP contribution is 2.25. The van der Waals surface area contributed by atoms with Crippen LogP contribution in [0.15, 0.2) is 53.0 Å². The zero-order chi connectivity index (χ0) is 16.1. The highest BCUT2D eigenvalue weighted by Gasteiger charge is 2.18. The van der Waals surface area contributed by atoms with Gasteiger partial charge in [0.1, 0.15) is 0 Å². The summed E-state index contributed by atoms with van der Waals surface area (Å²) >= 11 is 9.67. The van der Waals surface area contributed by atoms with E-state index in [0.717, 1.165) is 10.0 Å². The minimum atomic E-state index is -0.105. The van der Waals surface area contributed by atoms with E-state index in [1.54, 1.807) is 6.07 Å². The Morgan fingerprint density at radius 3 is 2.45 bits per heavy atom. The molecule has 5 heteroatoms. The topological polar surface area (TPSA) is 32.3 Å². The molecular formula is C17H18BrClN2O. The second-order valence-corrected chi connectivity index (χ2v) is 6.45. The smallest absolute Gasteiger partial charge is 0.252 e. The van der Waals surface area contributed by atoms with Gasteiger partial charge in [0.15, 0.2) is 0 Å². The van der Waals surface area contributed by atoms with E-state index in [2.05, 4.69) is 21.2 Å². The molecule has 2 rings (SSSR count). The van der Waals surface area contributed by atoms with Crippen molar-refractivity contribution in [3.05, 3.63) is 69.2 Å². The third kappa shape index (κ3) is 4.09. The minimum Gasteiger partial charge on any atom is -0.350 e. The SMILES string of the molecule is CN(C)[C@H](CNC(=O)c1ccccc1Br)c1ccccc1Cl. The summed E-state index contributed by atoms with van der Waals surface area (Å²) < 4.78 is 0.784. The number of likely N-dealkylation sites (N-methyl/N-ethyl adjacent to an activating group) is 1. The number of carbonyl (C=O) groups is 1. The summed E-state index contributed by atoms with van der Waals surface area (Å²) in [6, 6.07) is 15.1. The van der Waals surface area contributed by atoms with E-state index in [9.17, 15) is 4.79 Å². The van der Waals surface area contributed by atoms with Gasteiger partial charge in [0, 0.05) is 16.0 Å². The van der Waals surface area contributed by atoms with Gasteiger partial charge in [0.25, 0.3) is 5.91 Å². The van der Waals surface area contributed by atoms with Crippen LogP contribution in [-0.2, 0) is 0 Å². The van der Waals surface area contributed by atoms with Gasteiger partial charge in [0.05, 0.1) is 11.6 Å². The summed E-state index contributed by atoms with van der Waals surface area (Å²) in [7, 11) is 3.94. The predicted octanol–water partition coefficient (Wildman–Crippen LogP) is 4.14. The number of hydrogen-bond acceptors (Lipinski definition) is 2. The van der Waals surface area contributed by atoms with Crippen LogP contribution in [0.4, 0.5) is 0 Å². The monoisotopic (exact) mass is 380 g/mol. The van der Waals surface area contributed by atoms with Gasteiger partial charge >= 0.3 is 0 Å². The van der Waals surface area contributed by atoms with E-state index in [1.165, 1.54) is 0 Å². The third-order valence-electron chi connectivity index (χ3n) is 3.46. The Kier molecular flexibility index (Phi) is 6.00. The van der Waals surface area contributed by atoms with Crippen LogP contribution in [0.3, 0.4) is 0 Å². The van der Waals surface area contributed by atoms with Crippen molar-refractivity contribution in [1.29, 1.82) is 0 Å². The van der Waals surface area contributed by atoms with Crippen molar-refractivity contribution < 1.29 is 4.79 Å². The Morgan fingerprint density at radius 1 is 1.18 bits per heavy atom. The van der Waals surface area contributed by atoms with Crippen molar-refractivity contribution in [2.75, 3.05) is 20.6 Å². The lowest BCUT2D eigenvalue weighted by Gasteiger charge is -2.26. The largest absolute Gasteiger partial charge is 0.350 e. The third-order valence-corrected chi connectivity index (χ3v) is 4.50. The molecule has 2 aromatic rings. The highest BCUT2D eigenvalue weighted by molar-refractivity contribution is 9.10. The van der Waals surface area contributed by atoms with Crippen LogP contribution >= 0.6 is 27.5 Å². The number of carbonyl (C=O) groups excluding carboxylic acids is 1. The Hall–Kier alpha value is -1.36. The van der Waals surface area contributed by atoms with Crippen molar-refractivity contribution in [2.45, 2.75) is 6.04 Å². The fourth-order valence-electron chi connectivity index (χ4n) is 2.25. The molecule has 3 nitrogen and oxygen atoms in total. The quantitative estimate of drug-likeness (QED) is 0.844. The highest BCUT2D eigenvalue weighted by atomic mass is 79.9. The molecule has 0 aliphatic carbocycles. The van der Waals surface area contributed by atoms with Gasteiger partial charge in [-0.3, -0.25) is 4.79 Å². The van der Waals surface area contributed by atoms with Crippen molar-refractivity contribution in [3.63, 3.8) is 0 Å². The molecule has 0 radical (unpaired) electrons. The van der Waals surface area contributed by atoms with Crippen molar-refractivity contribution in [3.8, 4) is 0 Å². The van der Waals surface area contributed by atoms with Crippen molar-refractivity contribution in [1.82, 2.24) is 10.2 Å². The zero-order valence-electron chi connectivity index (χ0n) is 12.5. The summed E-state index contributed by atoms with van der Waals surface area (Å²) in [5.41, 5.74) is 1.63. The predicted molar refractivity (Wildman–Crippen MR) is 94.4 cm³/mol. The van der Waals surface area contributed by atoms with Crippen molar-refractivity contribution >= 4 is 33.4 Å². The second kappa shape index (κ2) is 7.77. The fourth-order valence-corrected chi connectivity index (χ4v) is 2.97. The number of nitrogens with zero attached hydrogens (tertiary/aromatic N) is 1. The summed E-state index contributed by atoms with van der Waals surface area (Å²) in [4.78, 5) is 14.4. The summed E-state index contributed by atoms with van der Waals surface area (Å²) in [6.07, 6.45) is 0. The van der Waals surface area contributed by atoms with Gasteiger partial charge in [-0.15, -0.1) is 0 Å². The molecule has 0 unspecified atom stereocenters. The van der Waals surface area contributed by atoms with Crippen LogP contribution < -0.4 is 5.32 Å². The second-order valence-electron chi connectivity index (χ2n) is 5.19. The number of amides is 1. The summed E-state index contributed by atoms with van der Waals surface area (Å²) in [5, 5.41) is 3.68. The number of hydrogen-bond donors (Lipinski definition) is 1. The molecule has 116 valence electrons. The molecule has 22 heavy (non-hydrogen) atoms. The van der Waals surface area contributed by atoms with Crippen LogP contribution in [-0.4, -0.2) is 31.4 Å². The first-order valence-corrected chi connectivity index (χ1v) is 8.11. The van der Waals surface area contributed by atoms with E-state index in [1.807, 2.05) is 61.5 Å². The summed E-state index contributed by atoms with van der Waals surface area (Å²) in [6.45, 7) is 0.483. The Morgan fingerprint density at radius 2 is 1.82 bits per heavy atom. The van der Waals surface area contributed by atoms with E-state index in [0.29, 0.717) is 17.1 Å². The molecule has 1 N–H and O–H groups in total. The molecule has 0 heterocycles. The number of halogens is 2. The number of nitrogens with one attached hydrogen (secondary N) is 1. The number of benzene rings is 2. The van der Waals surface area contributed by atoms with E-state index >= 15 is 0 Å². The van der Waals surface area contributed by atoms with Crippen molar-refractivity contribution in [2.24, 2.45) is 0 Å². The maximum Gasteiger partial charge on any atom is 0.252 e. The van der Waals surface area contributed by atoms with Gasteiger partial charge in [-0.05, 0) is 53.8 Å². The minimum absolute atomic E-state index is 0.0140. The van der Waals surface area contributed by atoms with Crippen LogP contribution in [0.1, 0.15) is 22.0 Å². The molecule has 0 saturated carbocycles. The Balaban J connectivity index is 2.12. The maximum atomic E-state index is 12.3. The molecule has 0 bridgehead atoms. The van der Waals surface area contributed by atoms with Crippen LogP contribution in [0, 0.1) is 0 Å². The Bertz CT molecular complexity index is 661. The van der Waals surface area contributed by atoms with Crippen LogP contribution in [0.2, 0.25) is 5.02 Å². The molecule has 0 aliphatic rings. The molecule has 0 spiro atoms. The van der Waals surface area contributed by atoms with Crippen LogP contribution in [0.5, 0.6) is 0 Å². The fraction of sp³-hybridized carbons (Fsp3) is 0.235. The average molecular weight is 382 g/mol. The van der Waals surface area contributed by atoms with Crippen LogP contribution in [0.25, 0.3) is 0 Å². The first-order valence-electron chi connectivity index (χ1n) is 6.94. The zero-order valence-corrected chi connectivity index (χ0v) is 14.9. The number of rotatable bonds is 5. The molecule has 2 aromatic carbocycles. The first-order chi connectivity index (χ1) is 10.5. The van der Waals surface area contributed by atoms with E-state index in [-0.39, 0.29) is 11.9 Å². The lowest BCUT2D eigenvalue weighted by atomic mass is 10.1. The van der Waals surface area contributed by atoms with Gasteiger partial charge in [-0.25, -0.2) is 0 Å². The normalized spacial score (nSPS) is 12.2. The average Bonchev–Trinajstić information content (AvgIpc) is 2.49. The molecule has 1 amide bonds. The molecular weight excluding hydrogens is 364 g/mol. The lowest BCUT2D eigenvalue weighted by molar-refractivity contribution is 0.0941. The molecule has 0 fully saturated rings. The van der Waals surface area contributed by atoms with Gasteiger partial charge in [-0.2, -0.15) is 0 Å². The molecule has 1 atom stereocenters. The van der Waals surface area contributed by atoms with Gasteiger partial charge in [0.2, 0.25) is 0 Å². The Labute approximate surface area is 144 Å². The molecule has 0 aromatic heterocycles. The maximum absolute atomic E-state index is 12.3. The molecule has 0 saturated heterocycles. The first kappa shape index (κ1) is 17.0. The van der Waals surface area contributed by atoms with E-state index in [4.69, 9.17) is 11.6 Å². The summed E-state index contributed by atoms with van der Waals surface area (Å²) in [5.74, 6) is -0.105. The van der Waals surface area contributed by atoms with Gasteiger partial charge in [-0.1, -0.05) is 41.9 Å². The lowest BCUT2D eigenvalue weighted by Crippen LogP contribution is -2.34. The van der Waals surface area contributed by atoms with E-state index < -0.39 is 0 Å². The molecule has 0 aliphatic heterocycles. The standard InChI is InChI=1S/C17H18BrClN2O/c1-21(2)16(13-8-4-6-10-15(13)19)11-20-17(22)12-7-3-5-9-14(12)18/h3-10,16H,11H2,1-2H3,(H,20,22)/t16-/m1/s1. The van der Waals surface area contributed by atoms with Gasteiger partial charge < -0.3 is 10.2 Å².